The summed E-state index contributed by atoms with van der Waals surface area (Å²) in [5.74, 6) is 1.10. The highest BCUT2D eigenvalue weighted by Gasteiger charge is 2.29. The molecule has 0 bridgehead atoms. The van der Waals surface area contributed by atoms with Gasteiger partial charge in [-0.15, -0.1) is 0 Å². The summed E-state index contributed by atoms with van der Waals surface area (Å²) in [6.45, 7) is 0. The Kier molecular flexibility index (Phi) is 3.71. The van der Waals surface area contributed by atoms with Gasteiger partial charge in [0, 0.05) is 11.4 Å². The maximum absolute atomic E-state index is 12.3. The highest BCUT2D eigenvalue weighted by molar-refractivity contribution is 6.31. The van der Waals surface area contributed by atoms with E-state index in [1.807, 2.05) is 24.3 Å². The van der Waals surface area contributed by atoms with E-state index in [9.17, 15) is 4.79 Å². The Bertz CT molecular complexity index is 662. The largest absolute Gasteiger partial charge is 0.495 e. The van der Waals surface area contributed by atoms with Crippen LogP contribution in [-0.2, 0) is 11.2 Å². The van der Waals surface area contributed by atoms with Crippen molar-refractivity contribution >= 4 is 23.2 Å². The topological polar surface area (TPSA) is 47.6 Å². The van der Waals surface area contributed by atoms with Gasteiger partial charge >= 0.3 is 0 Å². The lowest BCUT2D eigenvalue weighted by Crippen LogP contribution is -2.31. The van der Waals surface area contributed by atoms with Gasteiger partial charge in [0.05, 0.1) is 12.8 Å². The number of para-hydroxylation sites is 1. The molecule has 0 radical (unpaired) electrons. The van der Waals surface area contributed by atoms with Crippen LogP contribution in [-0.4, -0.2) is 19.1 Å². The Balaban J connectivity index is 1.75. The second-order valence-corrected chi connectivity index (χ2v) is 5.19. The first-order valence-corrected chi connectivity index (χ1v) is 6.94. The van der Waals surface area contributed by atoms with Crippen molar-refractivity contribution in [1.82, 2.24) is 0 Å². The van der Waals surface area contributed by atoms with E-state index in [1.54, 1.807) is 25.3 Å². The fourth-order valence-corrected chi connectivity index (χ4v) is 2.49. The second-order valence-electron chi connectivity index (χ2n) is 4.75. The minimum Gasteiger partial charge on any atom is -0.495 e. The van der Waals surface area contributed by atoms with E-state index in [-0.39, 0.29) is 5.91 Å². The predicted octanol–water partition coefficient (Wildman–Crippen LogP) is 3.29. The number of benzene rings is 2. The Morgan fingerprint density at radius 2 is 2.14 bits per heavy atom. The zero-order valence-corrected chi connectivity index (χ0v) is 12.2. The van der Waals surface area contributed by atoms with Gasteiger partial charge in [0.25, 0.3) is 5.91 Å². The minimum atomic E-state index is -0.536. The molecule has 3 rings (SSSR count). The van der Waals surface area contributed by atoms with Crippen molar-refractivity contribution < 1.29 is 14.3 Å². The Labute approximate surface area is 127 Å². The van der Waals surface area contributed by atoms with Crippen LogP contribution in [0.1, 0.15) is 5.56 Å². The van der Waals surface area contributed by atoms with Crippen molar-refractivity contribution in [2.75, 3.05) is 12.4 Å². The molecule has 0 spiro atoms. The van der Waals surface area contributed by atoms with E-state index in [1.165, 1.54) is 0 Å². The maximum Gasteiger partial charge on any atom is 0.265 e. The van der Waals surface area contributed by atoms with Crippen molar-refractivity contribution in [3.63, 3.8) is 0 Å². The normalized spacial score (nSPS) is 16.0. The second kappa shape index (κ2) is 5.66. The summed E-state index contributed by atoms with van der Waals surface area (Å²) in [5.41, 5.74) is 1.57. The maximum atomic E-state index is 12.3. The summed E-state index contributed by atoms with van der Waals surface area (Å²) in [4.78, 5) is 12.3. The third kappa shape index (κ3) is 2.81. The molecule has 108 valence electrons. The molecule has 2 aromatic carbocycles. The summed E-state index contributed by atoms with van der Waals surface area (Å²) in [6, 6.07) is 12.7. The highest BCUT2D eigenvalue weighted by atomic mass is 35.5. The zero-order valence-electron chi connectivity index (χ0n) is 11.4. The molecule has 1 aliphatic heterocycles. The van der Waals surface area contributed by atoms with Crippen LogP contribution in [0, 0.1) is 0 Å². The average molecular weight is 304 g/mol. The first-order chi connectivity index (χ1) is 10.2. The molecular weight excluding hydrogens is 290 g/mol. The zero-order chi connectivity index (χ0) is 14.8. The Morgan fingerprint density at radius 1 is 1.33 bits per heavy atom. The van der Waals surface area contributed by atoms with Crippen molar-refractivity contribution in [2.45, 2.75) is 12.5 Å². The Hall–Kier alpha value is -2.20. The van der Waals surface area contributed by atoms with Crippen molar-refractivity contribution in [3.05, 3.63) is 53.1 Å². The summed E-state index contributed by atoms with van der Waals surface area (Å²) in [6.07, 6.45) is 0.0244. The van der Waals surface area contributed by atoms with E-state index >= 15 is 0 Å². The fourth-order valence-electron chi connectivity index (χ4n) is 2.32. The van der Waals surface area contributed by atoms with Gasteiger partial charge in [0.2, 0.25) is 0 Å². The number of methoxy groups -OCH3 is 1. The molecule has 0 aliphatic carbocycles. The van der Waals surface area contributed by atoms with E-state index in [2.05, 4.69) is 5.32 Å². The monoisotopic (exact) mass is 303 g/mol. The summed E-state index contributed by atoms with van der Waals surface area (Å²) in [5, 5.41) is 3.34. The SMILES string of the molecule is COc1ccc(Cl)cc1NC(=O)[C@H]1Cc2ccccc2O1. The van der Waals surface area contributed by atoms with Gasteiger partial charge in [-0.2, -0.15) is 0 Å². The number of hydrogen-bond acceptors (Lipinski definition) is 3. The van der Waals surface area contributed by atoms with Crippen LogP contribution < -0.4 is 14.8 Å². The lowest BCUT2D eigenvalue weighted by molar-refractivity contribution is -0.122. The van der Waals surface area contributed by atoms with Crippen LogP contribution in [0.5, 0.6) is 11.5 Å². The molecule has 1 amide bonds. The van der Waals surface area contributed by atoms with E-state index in [4.69, 9.17) is 21.1 Å². The molecule has 5 heteroatoms. The number of fused-ring (bicyclic) bond motifs is 1. The van der Waals surface area contributed by atoms with Gasteiger partial charge in [-0.05, 0) is 29.8 Å². The van der Waals surface area contributed by atoms with Crippen LogP contribution in [0.15, 0.2) is 42.5 Å². The molecule has 0 aromatic heterocycles. The molecule has 1 aliphatic rings. The Morgan fingerprint density at radius 3 is 2.90 bits per heavy atom. The smallest absolute Gasteiger partial charge is 0.265 e. The number of carbonyl (C=O) groups is 1. The van der Waals surface area contributed by atoms with Crippen LogP contribution in [0.25, 0.3) is 0 Å². The number of hydrogen-bond donors (Lipinski definition) is 1. The van der Waals surface area contributed by atoms with E-state index in [0.29, 0.717) is 22.9 Å². The quantitative estimate of drug-likeness (QED) is 0.946. The molecule has 1 atom stereocenters. The molecule has 0 unspecified atom stereocenters. The predicted molar refractivity (Wildman–Crippen MR) is 81.2 cm³/mol. The highest BCUT2D eigenvalue weighted by Crippen LogP contribution is 2.31. The number of amides is 1. The van der Waals surface area contributed by atoms with E-state index in [0.717, 1.165) is 11.3 Å². The first kappa shape index (κ1) is 13.8. The third-order valence-electron chi connectivity index (χ3n) is 3.36. The first-order valence-electron chi connectivity index (χ1n) is 6.56. The van der Waals surface area contributed by atoms with Gasteiger partial charge in [-0.3, -0.25) is 4.79 Å². The molecule has 21 heavy (non-hydrogen) atoms. The lowest BCUT2D eigenvalue weighted by Gasteiger charge is -2.14. The molecule has 0 saturated heterocycles. The number of halogens is 1. The molecule has 1 N–H and O–H groups in total. The minimum absolute atomic E-state index is 0.216. The van der Waals surface area contributed by atoms with Crippen LogP contribution >= 0.6 is 11.6 Å². The van der Waals surface area contributed by atoms with Crippen LogP contribution in [0.4, 0.5) is 5.69 Å². The summed E-state index contributed by atoms with van der Waals surface area (Å²) in [7, 11) is 1.54. The fraction of sp³-hybridized carbons (Fsp3) is 0.188. The van der Waals surface area contributed by atoms with Gasteiger partial charge in [-0.25, -0.2) is 0 Å². The molecule has 2 aromatic rings. The average Bonchev–Trinajstić information content (AvgIpc) is 2.91. The van der Waals surface area contributed by atoms with Gasteiger partial charge in [0.15, 0.2) is 6.10 Å². The third-order valence-corrected chi connectivity index (χ3v) is 3.59. The van der Waals surface area contributed by atoms with Gasteiger partial charge in [0.1, 0.15) is 11.5 Å². The number of rotatable bonds is 3. The standard InChI is InChI=1S/C16H14ClNO3/c1-20-14-7-6-11(17)9-12(14)18-16(19)15-8-10-4-2-3-5-13(10)21-15/h2-7,9,15H,8H2,1H3,(H,18,19)/t15-/m1/s1. The molecule has 0 fully saturated rings. The summed E-state index contributed by atoms with van der Waals surface area (Å²) >= 11 is 5.95. The van der Waals surface area contributed by atoms with Crippen molar-refractivity contribution in [1.29, 1.82) is 0 Å². The number of carbonyl (C=O) groups excluding carboxylic acids is 1. The van der Waals surface area contributed by atoms with Gasteiger partial charge < -0.3 is 14.8 Å². The molecule has 0 saturated carbocycles. The van der Waals surface area contributed by atoms with Crippen LogP contribution in [0.2, 0.25) is 5.02 Å². The summed E-state index contributed by atoms with van der Waals surface area (Å²) < 4.78 is 10.9. The number of nitrogens with one attached hydrogen (secondary N) is 1. The van der Waals surface area contributed by atoms with E-state index < -0.39 is 6.10 Å². The van der Waals surface area contributed by atoms with Crippen molar-refractivity contribution in [2.24, 2.45) is 0 Å². The molecule has 4 nitrogen and oxygen atoms in total. The van der Waals surface area contributed by atoms with Crippen LogP contribution in [0.3, 0.4) is 0 Å². The number of anilines is 1. The number of ether oxygens (including phenoxy) is 2. The molecular formula is C16H14ClNO3. The van der Waals surface area contributed by atoms with Crippen molar-refractivity contribution in [3.8, 4) is 11.5 Å². The van der Waals surface area contributed by atoms with Gasteiger partial charge in [-0.1, -0.05) is 29.8 Å². The lowest BCUT2D eigenvalue weighted by atomic mass is 10.1. The molecule has 1 heterocycles.